The summed E-state index contributed by atoms with van der Waals surface area (Å²) in [4.78, 5) is 11.7. The molecule has 0 bridgehead atoms. The number of carbonyl (C=O) groups excluding carboxylic acids is 1. The molecule has 0 unspecified atom stereocenters. The van der Waals surface area contributed by atoms with Gasteiger partial charge in [-0.25, -0.2) is 4.39 Å². The molecule has 2 aromatic rings. The highest BCUT2D eigenvalue weighted by Crippen LogP contribution is 2.09. The van der Waals surface area contributed by atoms with Crippen LogP contribution in [0.5, 0.6) is 0 Å². The van der Waals surface area contributed by atoms with Gasteiger partial charge in [-0.2, -0.15) is 0 Å². The van der Waals surface area contributed by atoms with Gasteiger partial charge in [0, 0.05) is 5.69 Å². The van der Waals surface area contributed by atoms with Gasteiger partial charge in [0.05, 0.1) is 6.61 Å². The fourth-order valence-corrected chi connectivity index (χ4v) is 1.76. The molecule has 0 radical (unpaired) electrons. The van der Waals surface area contributed by atoms with Crippen LogP contribution >= 0.6 is 0 Å². The van der Waals surface area contributed by atoms with E-state index in [1.54, 1.807) is 12.1 Å². The van der Waals surface area contributed by atoms with E-state index in [0.29, 0.717) is 0 Å². The first-order chi connectivity index (χ1) is 9.63. The molecule has 0 atom stereocenters. The molecule has 20 heavy (non-hydrogen) atoms. The van der Waals surface area contributed by atoms with Crippen LogP contribution in [0.4, 0.5) is 10.1 Å². The van der Waals surface area contributed by atoms with Gasteiger partial charge in [0.15, 0.2) is 0 Å². The molecule has 0 saturated carbocycles. The third-order valence-corrected chi connectivity index (χ3v) is 2.72. The molecular weight excluding hydrogens is 257 g/mol. The van der Waals surface area contributed by atoms with Crippen LogP contribution in [-0.2, 0) is 16.1 Å². The van der Waals surface area contributed by atoms with E-state index >= 15 is 0 Å². The lowest BCUT2D eigenvalue weighted by atomic mass is 10.2. The fourth-order valence-electron chi connectivity index (χ4n) is 1.76. The molecule has 0 fully saturated rings. The summed E-state index contributed by atoms with van der Waals surface area (Å²) in [5, 5.41) is 2.75. The number of rotatable bonds is 5. The van der Waals surface area contributed by atoms with Crippen LogP contribution in [0.1, 0.15) is 11.1 Å². The predicted molar refractivity (Wildman–Crippen MR) is 75.9 cm³/mol. The van der Waals surface area contributed by atoms with E-state index in [4.69, 9.17) is 4.74 Å². The summed E-state index contributed by atoms with van der Waals surface area (Å²) < 4.78 is 18.0. The Kier molecular flexibility index (Phi) is 4.85. The van der Waals surface area contributed by atoms with E-state index in [1.807, 2.05) is 31.2 Å². The molecule has 3 nitrogen and oxygen atoms in total. The van der Waals surface area contributed by atoms with Gasteiger partial charge in [0.1, 0.15) is 12.4 Å². The zero-order valence-corrected chi connectivity index (χ0v) is 11.2. The SMILES string of the molecule is Cc1cccc(NC(=O)COCc2ccc(F)cc2)c1. The van der Waals surface area contributed by atoms with Crippen molar-refractivity contribution in [3.63, 3.8) is 0 Å². The standard InChI is InChI=1S/C16H16FNO2/c1-12-3-2-4-15(9-12)18-16(19)11-20-10-13-5-7-14(17)8-6-13/h2-9H,10-11H2,1H3,(H,18,19). The minimum Gasteiger partial charge on any atom is -0.367 e. The second-order valence-corrected chi connectivity index (χ2v) is 4.54. The number of benzene rings is 2. The third-order valence-electron chi connectivity index (χ3n) is 2.72. The highest BCUT2D eigenvalue weighted by molar-refractivity contribution is 5.91. The largest absolute Gasteiger partial charge is 0.367 e. The third kappa shape index (κ3) is 4.48. The zero-order valence-electron chi connectivity index (χ0n) is 11.2. The number of halogens is 1. The van der Waals surface area contributed by atoms with Gasteiger partial charge in [0.25, 0.3) is 0 Å². The van der Waals surface area contributed by atoms with E-state index < -0.39 is 0 Å². The molecular formula is C16H16FNO2. The monoisotopic (exact) mass is 273 g/mol. The van der Waals surface area contributed by atoms with Gasteiger partial charge in [-0.1, -0.05) is 24.3 Å². The Morgan fingerprint density at radius 3 is 2.65 bits per heavy atom. The maximum atomic E-state index is 12.7. The number of hydrogen-bond acceptors (Lipinski definition) is 2. The average Bonchev–Trinajstić information content (AvgIpc) is 2.41. The Bertz CT molecular complexity index is 581. The number of hydrogen-bond donors (Lipinski definition) is 1. The normalized spacial score (nSPS) is 10.3. The summed E-state index contributed by atoms with van der Waals surface area (Å²) in [6, 6.07) is 13.5. The molecule has 2 aromatic carbocycles. The van der Waals surface area contributed by atoms with Crippen molar-refractivity contribution in [2.24, 2.45) is 0 Å². The quantitative estimate of drug-likeness (QED) is 0.907. The fraction of sp³-hybridized carbons (Fsp3) is 0.188. The van der Waals surface area contributed by atoms with Crippen LogP contribution in [-0.4, -0.2) is 12.5 Å². The van der Waals surface area contributed by atoms with Crippen molar-refractivity contribution in [3.8, 4) is 0 Å². The maximum absolute atomic E-state index is 12.7. The number of anilines is 1. The summed E-state index contributed by atoms with van der Waals surface area (Å²) in [5.74, 6) is -0.497. The van der Waals surface area contributed by atoms with Gasteiger partial charge in [-0.3, -0.25) is 4.79 Å². The van der Waals surface area contributed by atoms with Crippen molar-refractivity contribution in [1.82, 2.24) is 0 Å². The molecule has 0 aliphatic rings. The number of nitrogens with one attached hydrogen (secondary N) is 1. The topological polar surface area (TPSA) is 38.3 Å². The molecule has 0 aliphatic heterocycles. The summed E-state index contributed by atoms with van der Waals surface area (Å²) in [6.45, 7) is 2.20. The summed E-state index contributed by atoms with van der Waals surface area (Å²) in [7, 11) is 0. The molecule has 1 amide bonds. The highest BCUT2D eigenvalue weighted by Gasteiger charge is 2.03. The van der Waals surface area contributed by atoms with Crippen molar-refractivity contribution in [2.75, 3.05) is 11.9 Å². The van der Waals surface area contributed by atoms with Crippen molar-refractivity contribution >= 4 is 11.6 Å². The van der Waals surface area contributed by atoms with Gasteiger partial charge in [-0.05, 0) is 42.3 Å². The second-order valence-electron chi connectivity index (χ2n) is 4.54. The second kappa shape index (κ2) is 6.82. The van der Waals surface area contributed by atoms with E-state index in [1.165, 1.54) is 12.1 Å². The Balaban J connectivity index is 1.76. The molecule has 0 aromatic heterocycles. The van der Waals surface area contributed by atoms with Crippen molar-refractivity contribution in [3.05, 3.63) is 65.5 Å². The van der Waals surface area contributed by atoms with E-state index in [2.05, 4.69) is 5.32 Å². The summed E-state index contributed by atoms with van der Waals surface area (Å²) in [6.07, 6.45) is 0. The molecule has 0 saturated heterocycles. The lowest BCUT2D eigenvalue weighted by Crippen LogP contribution is -2.18. The van der Waals surface area contributed by atoms with Gasteiger partial charge in [-0.15, -0.1) is 0 Å². The minimum atomic E-state index is -0.286. The Labute approximate surface area is 117 Å². The zero-order chi connectivity index (χ0) is 14.4. The van der Waals surface area contributed by atoms with Crippen LogP contribution in [0, 0.1) is 12.7 Å². The van der Waals surface area contributed by atoms with Crippen LogP contribution in [0.25, 0.3) is 0 Å². The first-order valence-corrected chi connectivity index (χ1v) is 6.32. The Hall–Kier alpha value is -2.20. The Morgan fingerprint density at radius 1 is 1.20 bits per heavy atom. The van der Waals surface area contributed by atoms with Crippen LogP contribution in [0.2, 0.25) is 0 Å². The van der Waals surface area contributed by atoms with E-state index in [9.17, 15) is 9.18 Å². The number of carbonyl (C=O) groups is 1. The summed E-state index contributed by atoms with van der Waals surface area (Å²) in [5.41, 5.74) is 2.66. The first kappa shape index (κ1) is 14.2. The predicted octanol–water partition coefficient (Wildman–Crippen LogP) is 3.29. The average molecular weight is 273 g/mol. The van der Waals surface area contributed by atoms with E-state index in [0.717, 1.165) is 16.8 Å². The molecule has 2 rings (SSSR count). The molecule has 0 heterocycles. The van der Waals surface area contributed by atoms with Crippen LogP contribution < -0.4 is 5.32 Å². The molecule has 1 N–H and O–H groups in total. The van der Waals surface area contributed by atoms with Gasteiger partial charge in [0.2, 0.25) is 5.91 Å². The molecule has 0 aliphatic carbocycles. The number of ether oxygens (including phenoxy) is 1. The molecule has 0 spiro atoms. The first-order valence-electron chi connectivity index (χ1n) is 6.32. The smallest absolute Gasteiger partial charge is 0.250 e. The molecule has 104 valence electrons. The maximum Gasteiger partial charge on any atom is 0.250 e. The van der Waals surface area contributed by atoms with Crippen LogP contribution in [0.3, 0.4) is 0 Å². The summed E-state index contributed by atoms with van der Waals surface area (Å²) >= 11 is 0. The Morgan fingerprint density at radius 2 is 1.95 bits per heavy atom. The van der Waals surface area contributed by atoms with Crippen molar-refractivity contribution in [1.29, 1.82) is 0 Å². The van der Waals surface area contributed by atoms with Gasteiger partial charge < -0.3 is 10.1 Å². The van der Waals surface area contributed by atoms with Crippen LogP contribution in [0.15, 0.2) is 48.5 Å². The van der Waals surface area contributed by atoms with Gasteiger partial charge >= 0.3 is 0 Å². The minimum absolute atomic E-state index is 0.0364. The lowest BCUT2D eigenvalue weighted by Gasteiger charge is -2.07. The van der Waals surface area contributed by atoms with Crippen molar-refractivity contribution in [2.45, 2.75) is 13.5 Å². The highest BCUT2D eigenvalue weighted by atomic mass is 19.1. The number of aryl methyl sites for hydroxylation is 1. The molecule has 4 heteroatoms. The number of amides is 1. The van der Waals surface area contributed by atoms with Crippen molar-refractivity contribution < 1.29 is 13.9 Å². The lowest BCUT2D eigenvalue weighted by molar-refractivity contribution is -0.121. The van der Waals surface area contributed by atoms with E-state index in [-0.39, 0.29) is 24.9 Å².